The van der Waals surface area contributed by atoms with Crippen LogP contribution < -0.4 is 16.8 Å². The van der Waals surface area contributed by atoms with E-state index in [1.165, 1.54) is 68.3 Å². The number of amides is 1. The average Bonchev–Trinajstić information content (AvgIpc) is 3.36. The fourth-order valence-corrected chi connectivity index (χ4v) is 9.94. The second-order valence-corrected chi connectivity index (χ2v) is 16.0. The van der Waals surface area contributed by atoms with Gasteiger partial charge in [-0.3, -0.25) is 0 Å². The van der Waals surface area contributed by atoms with Crippen molar-refractivity contribution < 1.29 is 18.3 Å². The van der Waals surface area contributed by atoms with Crippen molar-refractivity contribution in [1.82, 2.24) is 10.2 Å². The molecule has 4 rings (SSSR count). The van der Waals surface area contributed by atoms with E-state index < -0.39 is 18.4 Å². The SMILES string of the molecule is CC(C)CCCCC1CCC2C3CC=C4CC(OC(=O)N(CCCCNCC(F)CN)CC(F)CN)CCC4(C)C3CCC12C. The zero-order valence-electron chi connectivity index (χ0n) is 29.0. The Kier molecular flexibility index (Phi) is 13.6. The fourth-order valence-electron chi connectivity index (χ4n) is 9.94. The normalized spacial score (nSPS) is 34.0. The molecule has 6 nitrogen and oxygen atoms in total. The van der Waals surface area contributed by atoms with Gasteiger partial charge in [-0.05, 0) is 111 Å². The van der Waals surface area contributed by atoms with Crippen LogP contribution >= 0.6 is 0 Å². The molecule has 0 aromatic carbocycles. The van der Waals surface area contributed by atoms with Crippen molar-refractivity contribution in [3.8, 4) is 0 Å². The number of hydrogen-bond donors (Lipinski definition) is 3. The first-order chi connectivity index (χ1) is 21.5. The maximum atomic E-state index is 14.3. The van der Waals surface area contributed by atoms with E-state index in [-0.39, 0.29) is 37.7 Å². The predicted molar refractivity (Wildman–Crippen MR) is 180 cm³/mol. The molecular weight excluding hydrogens is 570 g/mol. The first kappa shape index (κ1) is 36.6. The van der Waals surface area contributed by atoms with E-state index in [0.29, 0.717) is 24.9 Å². The number of nitrogens with one attached hydrogen (secondary N) is 1. The van der Waals surface area contributed by atoms with Crippen LogP contribution in [0.2, 0.25) is 0 Å². The summed E-state index contributed by atoms with van der Waals surface area (Å²) < 4.78 is 33.7. The number of fused-ring (bicyclic) bond motifs is 5. The summed E-state index contributed by atoms with van der Waals surface area (Å²) in [5, 5.41) is 3.05. The van der Waals surface area contributed by atoms with Crippen LogP contribution in [0.4, 0.5) is 13.6 Å². The molecule has 5 N–H and O–H groups in total. The molecule has 0 aromatic rings. The summed E-state index contributed by atoms with van der Waals surface area (Å²) in [4.78, 5) is 14.8. The molecule has 9 atom stereocenters. The van der Waals surface area contributed by atoms with E-state index >= 15 is 0 Å². The fraction of sp³-hybridized carbons (Fsp3) is 0.919. The largest absolute Gasteiger partial charge is 0.446 e. The molecular formula is C37H66F2N4O2. The molecule has 0 spiro atoms. The second-order valence-electron chi connectivity index (χ2n) is 16.0. The minimum absolute atomic E-state index is 0.00120. The molecule has 45 heavy (non-hydrogen) atoms. The summed E-state index contributed by atoms with van der Waals surface area (Å²) in [5.74, 6) is 4.06. The monoisotopic (exact) mass is 637 g/mol. The third-order valence-corrected chi connectivity index (χ3v) is 12.7. The van der Waals surface area contributed by atoms with Gasteiger partial charge in [-0.25, -0.2) is 13.6 Å². The zero-order valence-corrected chi connectivity index (χ0v) is 29.0. The van der Waals surface area contributed by atoms with Gasteiger partial charge < -0.3 is 26.4 Å². The molecule has 4 aliphatic carbocycles. The van der Waals surface area contributed by atoms with Gasteiger partial charge in [0.25, 0.3) is 0 Å². The Balaban J connectivity index is 1.31. The highest BCUT2D eigenvalue weighted by Crippen LogP contribution is 2.66. The van der Waals surface area contributed by atoms with Crippen molar-refractivity contribution in [2.24, 2.45) is 51.9 Å². The van der Waals surface area contributed by atoms with Crippen LogP contribution in [0, 0.1) is 40.4 Å². The molecule has 0 saturated heterocycles. The number of alkyl halides is 2. The highest BCUT2D eigenvalue weighted by molar-refractivity contribution is 5.68. The quantitative estimate of drug-likeness (QED) is 0.113. The van der Waals surface area contributed by atoms with Gasteiger partial charge in [-0.2, -0.15) is 0 Å². The van der Waals surface area contributed by atoms with E-state index in [1.807, 2.05) is 0 Å². The smallest absolute Gasteiger partial charge is 0.410 e. The van der Waals surface area contributed by atoms with Crippen LogP contribution in [0.15, 0.2) is 11.6 Å². The van der Waals surface area contributed by atoms with Crippen LogP contribution in [-0.2, 0) is 4.74 Å². The van der Waals surface area contributed by atoms with Gasteiger partial charge in [-0.15, -0.1) is 0 Å². The minimum atomic E-state index is -1.28. The van der Waals surface area contributed by atoms with Crippen LogP contribution in [0.1, 0.15) is 118 Å². The first-order valence-electron chi connectivity index (χ1n) is 18.6. The summed E-state index contributed by atoms with van der Waals surface area (Å²) in [6, 6.07) is 0. The van der Waals surface area contributed by atoms with Gasteiger partial charge in [0.05, 0.1) is 6.54 Å². The van der Waals surface area contributed by atoms with E-state index in [9.17, 15) is 13.6 Å². The summed E-state index contributed by atoms with van der Waals surface area (Å²) in [6.07, 6.45) is 16.0. The topological polar surface area (TPSA) is 93.6 Å². The van der Waals surface area contributed by atoms with Crippen molar-refractivity contribution >= 4 is 6.09 Å². The van der Waals surface area contributed by atoms with E-state index in [1.54, 1.807) is 0 Å². The molecule has 9 unspecified atom stereocenters. The molecule has 4 aliphatic rings. The van der Waals surface area contributed by atoms with Crippen molar-refractivity contribution in [3.05, 3.63) is 11.6 Å². The lowest BCUT2D eigenvalue weighted by Gasteiger charge is -2.58. The number of halogens is 2. The standard InChI is InChI=1S/C37H66F2N4O2/c1-26(2)9-5-6-10-27-12-14-33-32-13-11-28-21-31(15-17-37(28,4)34(32)16-18-36(27,33)3)45-35(44)43(25-30(39)23-41)20-8-7-19-42-24-29(38)22-40/h11,26-27,29-34,42H,5-10,12-25,40-41H2,1-4H3. The van der Waals surface area contributed by atoms with Crippen molar-refractivity contribution in [2.75, 3.05) is 39.3 Å². The number of nitrogens with two attached hydrogens (primary N) is 2. The minimum Gasteiger partial charge on any atom is -0.446 e. The predicted octanol–water partition coefficient (Wildman–Crippen LogP) is 7.55. The van der Waals surface area contributed by atoms with Crippen molar-refractivity contribution in [3.63, 3.8) is 0 Å². The van der Waals surface area contributed by atoms with E-state index in [4.69, 9.17) is 16.2 Å². The Labute approximate surface area is 273 Å². The van der Waals surface area contributed by atoms with Crippen LogP contribution in [0.25, 0.3) is 0 Å². The average molecular weight is 637 g/mol. The number of hydrogen-bond acceptors (Lipinski definition) is 5. The number of unbranched alkanes of at least 4 members (excludes halogenated alkanes) is 2. The Morgan fingerprint density at radius 2 is 1.80 bits per heavy atom. The lowest BCUT2D eigenvalue weighted by atomic mass is 9.47. The van der Waals surface area contributed by atoms with Crippen LogP contribution in [-0.4, -0.2) is 68.7 Å². The van der Waals surface area contributed by atoms with Gasteiger partial charge in [0.1, 0.15) is 18.4 Å². The van der Waals surface area contributed by atoms with Crippen molar-refractivity contribution in [2.45, 2.75) is 136 Å². The third kappa shape index (κ3) is 9.01. The third-order valence-electron chi connectivity index (χ3n) is 12.7. The molecule has 3 fully saturated rings. The van der Waals surface area contributed by atoms with Gasteiger partial charge in [-0.1, -0.05) is 58.6 Å². The van der Waals surface area contributed by atoms with E-state index in [0.717, 1.165) is 55.3 Å². The lowest BCUT2D eigenvalue weighted by molar-refractivity contribution is -0.0536. The number of allylic oxidation sites excluding steroid dienone is 1. The van der Waals surface area contributed by atoms with Gasteiger partial charge in [0, 0.05) is 32.6 Å². The number of carbonyl (C=O) groups is 1. The molecule has 260 valence electrons. The second kappa shape index (κ2) is 16.7. The number of carbonyl (C=O) groups excluding carboxylic acids is 1. The zero-order chi connectivity index (χ0) is 32.6. The first-order valence-corrected chi connectivity index (χ1v) is 18.6. The maximum Gasteiger partial charge on any atom is 0.410 e. The maximum absolute atomic E-state index is 14.3. The number of nitrogens with zero attached hydrogens (tertiary/aromatic N) is 1. The number of ether oxygens (including phenoxy) is 1. The van der Waals surface area contributed by atoms with Crippen LogP contribution in [0.3, 0.4) is 0 Å². The molecule has 1 amide bonds. The Morgan fingerprint density at radius 1 is 1.02 bits per heavy atom. The summed E-state index contributed by atoms with van der Waals surface area (Å²) >= 11 is 0. The van der Waals surface area contributed by atoms with Crippen molar-refractivity contribution in [1.29, 1.82) is 0 Å². The van der Waals surface area contributed by atoms with Gasteiger partial charge in [0.2, 0.25) is 0 Å². The molecule has 0 aromatic heterocycles. The lowest BCUT2D eigenvalue weighted by Crippen LogP contribution is -2.51. The summed E-state index contributed by atoms with van der Waals surface area (Å²) in [6.45, 7) is 10.9. The molecule has 0 bridgehead atoms. The highest BCUT2D eigenvalue weighted by atomic mass is 19.1. The summed E-state index contributed by atoms with van der Waals surface area (Å²) in [5.41, 5.74) is 13.1. The molecule has 8 heteroatoms. The molecule has 0 radical (unpaired) electrons. The van der Waals surface area contributed by atoms with Gasteiger partial charge in [0.15, 0.2) is 0 Å². The Morgan fingerprint density at radius 3 is 2.53 bits per heavy atom. The molecule has 3 saturated carbocycles. The highest BCUT2D eigenvalue weighted by Gasteiger charge is 2.58. The number of rotatable bonds is 17. The summed E-state index contributed by atoms with van der Waals surface area (Å²) in [7, 11) is 0. The Hall–Kier alpha value is -1.25. The van der Waals surface area contributed by atoms with E-state index in [2.05, 4.69) is 39.1 Å². The van der Waals surface area contributed by atoms with Crippen LogP contribution in [0.5, 0.6) is 0 Å². The molecule has 0 heterocycles. The van der Waals surface area contributed by atoms with Gasteiger partial charge >= 0.3 is 6.09 Å². The Bertz CT molecular complexity index is 965. The molecule has 0 aliphatic heterocycles.